The number of halogens is 1. The highest BCUT2D eigenvalue weighted by Gasteiger charge is 2.29. The second kappa shape index (κ2) is 6.82. The highest BCUT2D eigenvalue weighted by atomic mass is 35.5. The van der Waals surface area contributed by atoms with Gasteiger partial charge in [0.1, 0.15) is 5.76 Å². The molecule has 0 aromatic carbocycles. The molecule has 0 fully saturated rings. The monoisotopic (exact) mass is 236 g/mol. The zero-order chi connectivity index (χ0) is 11.9. The fraction of sp³-hybridized carbons (Fsp3) is 0.700. The van der Waals surface area contributed by atoms with Gasteiger partial charge >= 0.3 is 0 Å². The quantitative estimate of drug-likeness (QED) is 0.280. The smallest absolute Gasteiger partial charge is 0.224 e. The van der Waals surface area contributed by atoms with Crippen LogP contribution in [0, 0.1) is 0 Å². The summed E-state index contributed by atoms with van der Waals surface area (Å²) in [5.41, 5.74) is -0.910. The summed E-state index contributed by atoms with van der Waals surface area (Å²) in [7, 11) is 0. The molecule has 0 rings (SSSR count). The fourth-order valence-corrected chi connectivity index (χ4v) is 1.14. The number of rotatable bonds is 8. The zero-order valence-electron chi connectivity index (χ0n) is 9.29. The van der Waals surface area contributed by atoms with Crippen molar-refractivity contribution in [2.75, 3.05) is 13.2 Å². The Morgan fingerprint density at radius 1 is 1.53 bits per heavy atom. The van der Waals surface area contributed by atoms with Gasteiger partial charge in [0.2, 0.25) is 5.79 Å². The first-order chi connectivity index (χ1) is 6.99. The van der Waals surface area contributed by atoms with Crippen molar-refractivity contribution < 1.29 is 19.0 Å². The lowest BCUT2D eigenvalue weighted by Crippen LogP contribution is -2.37. The van der Waals surface area contributed by atoms with Crippen LogP contribution >= 0.6 is 11.6 Å². The van der Waals surface area contributed by atoms with Crippen LogP contribution in [0.1, 0.15) is 20.8 Å². The first-order valence-corrected chi connectivity index (χ1v) is 5.16. The van der Waals surface area contributed by atoms with E-state index in [0.717, 1.165) is 0 Å². The minimum Gasteiger partial charge on any atom is -0.495 e. The highest BCUT2D eigenvalue weighted by Crippen LogP contribution is 2.19. The highest BCUT2D eigenvalue weighted by molar-refractivity contribution is 6.21. The van der Waals surface area contributed by atoms with Gasteiger partial charge < -0.3 is 14.2 Å². The molecular formula is C10H17ClO4. The van der Waals surface area contributed by atoms with E-state index in [2.05, 4.69) is 6.58 Å². The van der Waals surface area contributed by atoms with E-state index in [1.807, 2.05) is 0 Å². The van der Waals surface area contributed by atoms with Crippen LogP contribution in [-0.2, 0) is 19.0 Å². The SMILES string of the molecule is C=C(OCC)C(Cl)OC(C)(C=O)OCC. The van der Waals surface area contributed by atoms with E-state index in [9.17, 15) is 4.79 Å². The molecule has 88 valence electrons. The van der Waals surface area contributed by atoms with E-state index >= 15 is 0 Å². The van der Waals surface area contributed by atoms with Crippen LogP contribution < -0.4 is 0 Å². The molecule has 0 aliphatic carbocycles. The molecule has 0 bridgehead atoms. The molecule has 15 heavy (non-hydrogen) atoms. The minimum absolute atomic E-state index is 0.256. The summed E-state index contributed by atoms with van der Waals surface area (Å²) < 4.78 is 15.3. The van der Waals surface area contributed by atoms with Gasteiger partial charge in [0.25, 0.3) is 0 Å². The molecule has 0 spiro atoms. The van der Waals surface area contributed by atoms with E-state index < -0.39 is 11.4 Å². The Balaban J connectivity index is 4.28. The molecule has 0 radical (unpaired) electrons. The van der Waals surface area contributed by atoms with Crippen LogP contribution in [0.5, 0.6) is 0 Å². The van der Waals surface area contributed by atoms with Crippen LogP contribution in [0.4, 0.5) is 0 Å². The molecule has 0 saturated heterocycles. The van der Waals surface area contributed by atoms with Gasteiger partial charge in [-0.1, -0.05) is 18.2 Å². The van der Waals surface area contributed by atoms with Gasteiger partial charge in [0, 0.05) is 6.61 Å². The summed E-state index contributed by atoms with van der Waals surface area (Å²) in [5, 5.41) is 0. The van der Waals surface area contributed by atoms with E-state index in [4.69, 9.17) is 25.8 Å². The number of hydrogen-bond acceptors (Lipinski definition) is 4. The van der Waals surface area contributed by atoms with Crippen LogP contribution in [-0.4, -0.2) is 30.9 Å². The number of hydrogen-bond donors (Lipinski definition) is 0. The molecule has 0 amide bonds. The third kappa shape index (κ3) is 5.16. The number of ether oxygens (including phenoxy) is 3. The largest absolute Gasteiger partial charge is 0.495 e. The van der Waals surface area contributed by atoms with Crippen LogP contribution in [0.3, 0.4) is 0 Å². The molecule has 0 heterocycles. The van der Waals surface area contributed by atoms with Crippen molar-refractivity contribution in [1.29, 1.82) is 0 Å². The first kappa shape index (κ1) is 14.4. The number of carbonyl (C=O) groups is 1. The fourth-order valence-electron chi connectivity index (χ4n) is 0.904. The predicted octanol–water partition coefficient (Wildman–Crippen LogP) is 2.07. The van der Waals surface area contributed by atoms with Gasteiger partial charge in [-0.2, -0.15) is 0 Å². The topological polar surface area (TPSA) is 44.8 Å². The lowest BCUT2D eigenvalue weighted by molar-refractivity contribution is -0.214. The third-order valence-electron chi connectivity index (χ3n) is 1.57. The van der Waals surface area contributed by atoms with Crippen molar-refractivity contribution in [2.45, 2.75) is 32.1 Å². The van der Waals surface area contributed by atoms with Gasteiger partial charge in [-0.25, -0.2) is 0 Å². The zero-order valence-corrected chi connectivity index (χ0v) is 10.0. The van der Waals surface area contributed by atoms with Crippen molar-refractivity contribution >= 4 is 17.9 Å². The Bertz CT molecular complexity index is 219. The average Bonchev–Trinajstić information content (AvgIpc) is 2.18. The Kier molecular flexibility index (Phi) is 6.56. The molecule has 4 nitrogen and oxygen atoms in total. The summed E-state index contributed by atoms with van der Waals surface area (Å²) in [6, 6.07) is 0. The standard InChI is InChI=1S/C10H17ClO4/c1-5-13-8(3)9(11)15-10(4,7-12)14-6-2/h7,9H,3,5-6H2,1-2,4H3. The number of alkyl halides is 1. The minimum atomic E-state index is -1.36. The lowest BCUT2D eigenvalue weighted by Gasteiger charge is -2.26. The molecule has 0 aliphatic rings. The number of aldehydes is 1. The summed E-state index contributed by atoms with van der Waals surface area (Å²) in [6.07, 6.45) is 0.547. The summed E-state index contributed by atoms with van der Waals surface area (Å²) in [6.45, 7) is 9.40. The van der Waals surface area contributed by atoms with E-state index in [1.54, 1.807) is 13.8 Å². The number of carbonyl (C=O) groups excluding carboxylic acids is 1. The molecule has 2 atom stereocenters. The maximum Gasteiger partial charge on any atom is 0.224 e. The van der Waals surface area contributed by atoms with Crippen molar-refractivity contribution in [3.8, 4) is 0 Å². The van der Waals surface area contributed by atoms with Gasteiger partial charge in [-0.05, 0) is 20.8 Å². The second-order valence-electron chi connectivity index (χ2n) is 2.90. The molecular weight excluding hydrogens is 220 g/mol. The first-order valence-electron chi connectivity index (χ1n) is 4.72. The van der Waals surface area contributed by atoms with Crippen molar-refractivity contribution in [3.05, 3.63) is 12.3 Å². The molecule has 0 saturated carbocycles. The van der Waals surface area contributed by atoms with Crippen molar-refractivity contribution in [2.24, 2.45) is 0 Å². The van der Waals surface area contributed by atoms with Crippen LogP contribution in [0.2, 0.25) is 0 Å². The van der Waals surface area contributed by atoms with Crippen molar-refractivity contribution in [1.82, 2.24) is 0 Å². The Morgan fingerprint density at radius 3 is 2.53 bits per heavy atom. The normalized spacial score (nSPS) is 16.5. The van der Waals surface area contributed by atoms with E-state index in [-0.39, 0.29) is 5.76 Å². The van der Waals surface area contributed by atoms with Gasteiger partial charge in [0.15, 0.2) is 11.8 Å². The van der Waals surface area contributed by atoms with Crippen LogP contribution in [0.25, 0.3) is 0 Å². The maximum atomic E-state index is 10.8. The molecule has 0 aromatic rings. The van der Waals surface area contributed by atoms with E-state index in [0.29, 0.717) is 19.5 Å². The maximum absolute atomic E-state index is 10.8. The van der Waals surface area contributed by atoms with Gasteiger partial charge in [0.05, 0.1) is 6.61 Å². The molecule has 2 unspecified atom stereocenters. The van der Waals surface area contributed by atoms with Gasteiger partial charge in [-0.15, -0.1) is 0 Å². The summed E-state index contributed by atoms with van der Waals surface area (Å²) in [4.78, 5) is 10.8. The summed E-state index contributed by atoms with van der Waals surface area (Å²) in [5.74, 6) is -1.10. The van der Waals surface area contributed by atoms with E-state index in [1.165, 1.54) is 6.92 Å². The predicted molar refractivity (Wildman–Crippen MR) is 57.6 cm³/mol. The molecule has 0 aromatic heterocycles. The summed E-state index contributed by atoms with van der Waals surface area (Å²) >= 11 is 5.82. The Morgan fingerprint density at radius 2 is 2.13 bits per heavy atom. The Labute approximate surface area is 95.1 Å². The molecule has 0 aliphatic heterocycles. The third-order valence-corrected chi connectivity index (χ3v) is 1.90. The lowest BCUT2D eigenvalue weighted by atomic mass is 10.3. The second-order valence-corrected chi connectivity index (χ2v) is 3.30. The average molecular weight is 237 g/mol. The molecule has 0 N–H and O–H groups in total. The van der Waals surface area contributed by atoms with Crippen molar-refractivity contribution in [3.63, 3.8) is 0 Å². The Hall–Kier alpha value is -0.580. The van der Waals surface area contributed by atoms with Crippen LogP contribution in [0.15, 0.2) is 12.3 Å². The van der Waals surface area contributed by atoms with Gasteiger partial charge in [-0.3, -0.25) is 4.79 Å². The molecule has 5 heteroatoms.